The van der Waals surface area contributed by atoms with Crippen molar-refractivity contribution in [2.45, 2.75) is 213 Å². The minimum Gasteiger partial charge on any atom is -0.463 e. The molecule has 32 heteroatoms. The lowest BCUT2D eigenvalue weighted by atomic mass is 9.93. The zero-order valence-corrected chi connectivity index (χ0v) is 45.8. The van der Waals surface area contributed by atoms with Gasteiger partial charge in [-0.1, -0.05) is 0 Å². The van der Waals surface area contributed by atoms with Gasteiger partial charge in [-0.2, -0.15) is 0 Å². The number of nitrogens with one attached hydrogen (secondary N) is 1. The smallest absolute Gasteiger partial charge is 0.303 e. The predicted octanol–water partition coefficient (Wildman–Crippen LogP) is -1.32. The van der Waals surface area contributed by atoms with Crippen LogP contribution in [0.4, 0.5) is 4.39 Å². The van der Waals surface area contributed by atoms with Crippen LogP contribution in [0.15, 0.2) is 0 Å². The maximum Gasteiger partial charge on any atom is 0.303 e. The standard InChI is InChI=1S/C48H66FNO30/c1-17-34(67-22(6)55)39(70-25(9)58)43(73-28(12)61)47(66-17)79-38-33(50-18(2)51)46(80-42-40(71-26(10)59)36(68-23(7)56)30(75-45(42)49)14-63-19(3)52)76-31(15-64-20(4)53)35(38)78-48-44(74-29(13)62)41(72-27(11)60)37(69-24(8)57)32(77-48)16-65-21(5)54/h17,30-48H,14-16H2,1-13H3,(H,50,51)/t17?,30?,31?,32?,33?,34-,35-,36-,37+,38?,39?,40?,41?,42?,43?,44?,45+,46+,47+,48+/m1/s1. The van der Waals surface area contributed by atoms with E-state index in [4.69, 9.17) is 85.3 Å². The summed E-state index contributed by atoms with van der Waals surface area (Å²) >= 11 is 0. The highest BCUT2D eigenvalue weighted by Gasteiger charge is 2.61. The van der Waals surface area contributed by atoms with E-state index >= 15 is 4.39 Å². The summed E-state index contributed by atoms with van der Waals surface area (Å²) in [5, 5.41) is 2.52. The molecule has 4 saturated heterocycles. The second-order valence-electron chi connectivity index (χ2n) is 18.3. The van der Waals surface area contributed by atoms with Crippen LogP contribution in [0.5, 0.6) is 0 Å². The van der Waals surface area contributed by atoms with Crippen LogP contribution < -0.4 is 5.32 Å². The summed E-state index contributed by atoms with van der Waals surface area (Å²) in [6.07, 6.45) is -36.8. The molecule has 4 rings (SSSR count). The van der Waals surface area contributed by atoms with Crippen molar-refractivity contribution < 1.29 is 147 Å². The quantitative estimate of drug-likeness (QED) is 0.103. The first-order valence-corrected chi connectivity index (χ1v) is 24.6. The van der Waals surface area contributed by atoms with E-state index in [0.717, 1.165) is 83.1 Å². The fraction of sp³-hybridized carbons (Fsp3) is 0.750. The molecule has 0 aliphatic carbocycles. The van der Waals surface area contributed by atoms with E-state index in [1.54, 1.807) is 0 Å². The highest BCUT2D eigenvalue weighted by Crippen LogP contribution is 2.39. The third-order valence-corrected chi connectivity index (χ3v) is 11.6. The molecular formula is C48H66FNO30. The third kappa shape index (κ3) is 19.0. The van der Waals surface area contributed by atoms with Gasteiger partial charge in [0, 0.05) is 83.1 Å². The van der Waals surface area contributed by atoms with Gasteiger partial charge in [0.25, 0.3) is 0 Å². The number of carbonyl (C=O) groups is 12. The van der Waals surface area contributed by atoms with Gasteiger partial charge < -0.3 is 90.6 Å². The summed E-state index contributed by atoms with van der Waals surface area (Å²) in [6, 6.07) is -2.00. The molecule has 4 aliphatic heterocycles. The van der Waals surface area contributed by atoms with E-state index in [9.17, 15) is 57.5 Å². The Morgan fingerprint density at radius 1 is 0.338 bits per heavy atom. The fourth-order valence-electron chi connectivity index (χ4n) is 8.91. The Labute approximate surface area is 456 Å². The minimum absolute atomic E-state index is 0.763. The van der Waals surface area contributed by atoms with Crippen molar-refractivity contribution in [1.29, 1.82) is 0 Å². The van der Waals surface area contributed by atoms with Crippen molar-refractivity contribution in [2.75, 3.05) is 19.8 Å². The van der Waals surface area contributed by atoms with Gasteiger partial charge >= 0.3 is 65.7 Å². The van der Waals surface area contributed by atoms with Crippen molar-refractivity contribution in [3.05, 3.63) is 0 Å². The lowest BCUT2D eigenvalue weighted by Gasteiger charge is -2.52. The number of rotatable bonds is 21. The van der Waals surface area contributed by atoms with Crippen LogP contribution in [-0.2, 0) is 143 Å². The molecule has 1 amide bonds. The first-order valence-electron chi connectivity index (χ1n) is 24.6. The number of ether oxygens (including phenoxy) is 18. The summed E-state index contributed by atoms with van der Waals surface area (Å²) in [5.41, 5.74) is 0. The van der Waals surface area contributed by atoms with E-state index in [1.807, 2.05) is 0 Å². The van der Waals surface area contributed by atoms with Gasteiger partial charge in [0.2, 0.25) is 12.3 Å². The molecule has 1 N–H and O–H groups in total. The summed E-state index contributed by atoms with van der Waals surface area (Å²) in [4.78, 5) is 152. The van der Waals surface area contributed by atoms with Gasteiger partial charge in [-0.3, -0.25) is 57.5 Å². The Morgan fingerprint density at radius 2 is 0.637 bits per heavy atom. The largest absolute Gasteiger partial charge is 0.463 e. The van der Waals surface area contributed by atoms with Crippen LogP contribution >= 0.6 is 0 Å². The molecule has 12 unspecified atom stereocenters. The van der Waals surface area contributed by atoms with Crippen molar-refractivity contribution in [3.8, 4) is 0 Å². The van der Waals surface area contributed by atoms with Gasteiger partial charge in [-0.25, -0.2) is 4.39 Å². The van der Waals surface area contributed by atoms with Gasteiger partial charge in [0.05, 0.1) is 6.10 Å². The van der Waals surface area contributed by atoms with E-state index in [2.05, 4.69) is 5.32 Å². The van der Waals surface area contributed by atoms with Crippen LogP contribution in [0.25, 0.3) is 0 Å². The second kappa shape index (κ2) is 29.7. The molecule has 4 aliphatic rings. The maximum atomic E-state index is 16.8. The molecule has 4 fully saturated rings. The number of alkyl halides is 1. The molecule has 31 nitrogen and oxygen atoms in total. The van der Waals surface area contributed by atoms with E-state index in [-0.39, 0.29) is 0 Å². The fourth-order valence-corrected chi connectivity index (χ4v) is 8.91. The SMILES string of the molecule is CC(=O)NC1C(O[C@@H]2OC(C)[C@@H](OC(C)=O)C(OC(C)=O)C2OC(C)=O)[C@H](O[C@@H]2OC(COC(C)=O)[C@H](OC(C)=O)C(OC(C)=O)C2OC(C)=O)C(COC(C)=O)O[C@H]1OC1C(OC(C)=O)[C@H](OC(C)=O)C(COC(C)=O)O[C@@H]1F. The monoisotopic (exact) mass is 1160 g/mol. The molecule has 0 saturated carbocycles. The average molecular weight is 1160 g/mol. The minimum atomic E-state index is -2.73. The Morgan fingerprint density at radius 3 is 1.04 bits per heavy atom. The number of amides is 1. The lowest BCUT2D eigenvalue weighted by molar-refractivity contribution is -0.384. The van der Waals surface area contributed by atoms with Crippen LogP contribution in [0.1, 0.15) is 90.0 Å². The zero-order chi connectivity index (χ0) is 60.0. The number of hydrogen-bond acceptors (Lipinski definition) is 30. The highest BCUT2D eigenvalue weighted by molar-refractivity contribution is 5.73. The molecule has 0 spiro atoms. The Hall–Kier alpha value is -6.71. The van der Waals surface area contributed by atoms with Gasteiger partial charge in [-0.15, -0.1) is 0 Å². The van der Waals surface area contributed by atoms with Crippen molar-refractivity contribution in [3.63, 3.8) is 0 Å². The highest BCUT2D eigenvalue weighted by atomic mass is 19.1. The van der Waals surface area contributed by atoms with E-state index in [1.165, 1.54) is 6.92 Å². The molecule has 4 heterocycles. The second-order valence-corrected chi connectivity index (χ2v) is 18.3. The Balaban J connectivity index is 2.08. The summed E-state index contributed by atoms with van der Waals surface area (Å²) in [5.74, 6) is -12.0. The molecule has 80 heavy (non-hydrogen) atoms. The van der Waals surface area contributed by atoms with Gasteiger partial charge in [0.15, 0.2) is 73.8 Å². The number of esters is 11. The van der Waals surface area contributed by atoms with Crippen molar-refractivity contribution in [1.82, 2.24) is 5.32 Å². The molecule has 0 bridgehead atoms. The number of hydrogen-bond donors (Lipinski definition) is 1. The third-order valence-electron chi connectivity index (χ3n) is 11.6. The number of carbonyl (C=O) groups excluding carboxylic acids is 12. The summed E-state index contributed by atoms with van der Waals surface area (Å²) in [7, 11) is 0. The first-order chi connectivity index (χ1) is 37.4. The van der Waals surface area contributed by atoms with E-state index in [0.29, 0.717) is 0 Å². The molecule has 0 aromatic carbocycles. The molecular weight excluding hydrogens is 1090 g/mol. The van der Waals surface area contributed by atoms with Crippen LogP contribution in [-0.4, -0.2) is 214 Å². The Kier molecular flexibility index (Phi) is 24.4. The van der Waals surface area contributed by atoms with E-state index < -0.39 is 214 Å². The molecule has 0 radical (unpaired) electrons. The predicted molar refractivity (Wildman–Crippen MR) is 248 cm³/mol. The number of halogens is 1. The van der Waals surface area contributed by atoms with Crippen LogP contribution in [0.2, 0.25) is 0 Å². The normalized spacial score (nSPS) is 33.8. The molecule has 450 valence electrons. The Bertz CT molecular complexity index is 2280. The summed E-state index contributed by atoms with van der Waals surface area (Å²) < 4.78 is 121. The van der Waals surface area contributed by atoms with Gasteiger partial charge in [0.1, 0.15) is 56.4 Å². The van der Waals surface area contributed by atoms with Gasteiger partial charge in [-0.05, 0) is 6.92 Å². The molecule has 0 aromatic rings. The van der Waals surface area contributed by atoms with Crippen molar-refractivity contribution in [2.24, 2.45) is 0 Å². The average Bonchev–Trinajstić information content (AvgIpc) is 3.31. The zero-order valence-electron chi connectivity index (χ0n) is 45.8. The topological polar surface area (TPSA) is 383 Å². The first kappa shape index (κ1) is 65.8. The van der Waals surface area contributed by atoms with Crippen LogP contribution in [0, 0.1) is 0 Å². The summed E-state index contributed by atoms with van der Waals surface area (Å²) in [6.45, 7) is 10.4. The molecule has 0 aromatic heterocycles. The lowest BCUT2D eigenvalue weighted by Crippen LogP contribution is -2.71. The van der Waals surface area contributed by atoms with Crippen molar-refractivity contribution >= 4 is 71.6 Å². The molecule has 20 atom stereocenters. The van der Waals surface area contributed by atoms with Crippen LogP contribution in [0.3, 0.4) is 0 Å². The maximum absolute atomic E-state index is 16.8.